The van der Waals surface area contributed by atoms with Gasteiger partial charge in [0.05, 0.1) is 13.2 Å². The molecule has 1 aromatic carbocycles. The van der Waals surface area contributed by atoms with E-state index in [1.165, 1.54) is 0 Å². The fourth-order valence-electron chi connectivity index (χ4n) is 2.24. The van der Waals surface area contributed by atoms with Gasteiger partial charge >= 0.3 is 0 Å². The Kier molecular flexibility index (Phi) is 4.93. The molecule has 4 heteroatoms. The van der Waals surface area contributed by atoms with Crippen molar-refractivity contribution < 1.29 is 5.11 Å². The van der Waals surface area contributed by atoms with Crippen LogP contribution < -0.4 is 5.32 Å². The summed E-state index contributed by atoms with van der Waals surface area (Å²) in [4.78, 5) is 0. The van der Waals surface area contributed by atoms with Gasteiger partial charge in [-0.05, 0) is 18.6 Å². The molecule has 108 valence electrons. The van der Waals surface area contributed by atoms with E-state index in [0.29, 0.717) is 6.04 Å². The summed E-state index contributed by atoms with van der Waals surface area (Å²) in [6.07, 6.45) is 3.75. The summed E-state index contributed by atoms with van der Waals surface area (Å²) in [6, 6.07) is 12.4. The van der Waals surface area contributed by atoms with Gasteiger partial charge in [0.1, 0.15) is 0 Å². The molecule has 0 saturated heterocycles. The number of benzene rings is 1. The normalized spacial score (nSPS) is 15.8. The lowest BCUT2D eigenvalue weighted by Gasteiger charge is -2.30. The summed E-state index contributed by atoms with van der Waals surface area (Å²) < 4.78 is 1.91. The molecule has 1 aromatic heterocycles. The van der Waals surface area contributed by atoms with Crippen LogP contribution in [0.25, 0.3) is 0 Å². The third-order valence-electron chi connectivity index (χ3n) is 3.68. The Morgan fingerprint density at radius 3 is 2.65 bits per heavy atom. The minimum absolute atomic E-state index is 0.124. The smallest absolute Gasteiger partial charge is 0.0559 e. The zero-order chi connectivity index (χ0) is 14.4. The number of aliphatic hydroxyl groups excluding tert-OH is 1. The Balaban J connectivity index is 1.93. The van der Waals surface area contributed by atoms with E-state index in [1.807, 2.05) is 35.1 Å². The molecule has 4 nitrogen and oxygen atoms in total. The molecule has 0 spiro atoms. The molecule has 0 aliphatic rings. The number of hydrogen-bond acceptors (Lipinski definition) is 3. The highest BCUT2D eigenvalue weighted by atomic mass is 16.3. The summed E-state index contributed by atoms with van der Waals surface area (Å²) in [5.74, 6) is 0. The van der Waals surface area contributed by atoms with Crippen molar-refractivity contribution in [1.29, 1.82) is 0 Å². The van der Waals surface area contributed by atoms with E-state index in [0.717, 1.165) is 18.7 Å². The molecule has 0 aliphatic heterocycles. The molecule has 0 fully saturated rings. The molecule has 0 amide bonds. The van der Waals surface area contributed by atoms with Crippen LogP contribution in [0.3, 0.4) is 0 Å². The number of nitrogens with one attached hydrogen (secondary N) is 1. The lowest BCUT2D eigenvalue weighted by Crippen LogP contribution is -2.43. The fraction of sp³-hybridized carbons (Fsp3) is 0.438. The SMILES string of the molecule is CC(Cn1cccn1)NCC(C)(CO)c1ccccc1. The molecule has 2 aromatic rings. The van der Waals surface area contributed by atoms with Crippen LogP contribution in [0.15, 0.2) is 48.8 Å². The lowest BCUT2D eigenvalue weighted by molar-refractivity contribution is 0.197. The van der Waals surface area contributed by atoms with Crippen molar-refractivity contribution in [2.45, 2.75) is 31.8 Å². The standard InChI is InChI=1S/C16H23N3O/c1-14(11-19-10-6-9-18-19)17-12-16(2,13-20)15-7-4-3-5-8-15/h3-10,14,17,20H,11-13H2,1-2H3. The first-order chi connectivity index (χ1) is 9.64. The quantitative estimate of drug-likeness (QED) is 0.809. The molecule has 0 aliphatic carbocycles. The van der Waals surface area contributed by atoms with Crippen LogP contribution in [-0.2, 0) is 12.0 Å². The number of nitrogens with zero attached hydrogens (tertiary/aromatic N) is 2. The van der Waals surface area contributed by atoms with Crippen LogP contribution in [0.1, 0.15) is 19.4 Å². The van der Waals surface area contributed by atoms with Crippen LogP contribution in [0, 0.1) is 0 Å². The highest BCUT2D eigenvalue weighted by Crippen LogP contribution is 2.22. The van der Waals surface area contributed by atoms with Gasteiger partial charge in [-0.25, -0.2) is 0 Å². The average Bonchev–Trinajstić information content (AvgIpc) is 2.98. The van der Waals surface area contributed by atoms with Gasteiger partial charge in [-0.15, -0.1) is 0 Å². The number of aliphatic hydroxyl groups is 1. The zero-order valence-corrected chi connectivity index (χ0v) is 12.2. The van der Waals surface area contributed by atoms with Crippen molar-refractivity contribution >= 4 is 0 Å². The topological polar surface area (TPSA) is 50.1 Å². The maximum atomic E-state index is 9.75. The first kappa shape index (κ1) is 14.8. The summed E-state index contributed by atoms with van der Waals surface area (Å²) in [7, 11) is 0. The van der Waals surface area contributed by atoms with Gasteiger partial charge in [-0.1, -0.05) is 37.3 Å². The third kappa shape index (κ3) is 3.68. The van der Waals surface area contributed by atoms with E-state index >= 15 is 0 Å². The predicted molar refractivity (Wildman–Crippen MR) is 80.6 cm³/mol. The van der Waals surface area contributed by atoms with Crippen molar-refractivity contribution in [3.05, 3.63) is 54.4 Å². The van der Waals surface area contributed by atoms with Gasteiger partial charge in [0.2, 0.25) is 0 Å². The summed E-state index contributed by atoms with van der Waals surface area (Å²) in [6.45, 7) is 5.89. The molecule has 0 radical (unpaired) electrons. The van der Waals surface area contributed by atoms with Gasteiger partial charge < -0.3 is 10.4 Å². The molecule has 2 unspecified atom stereocenters. The fourth-order valence-corrected chi connectivity index (χ4v) is 2.24. The molecule has 20 heavy (non-hydrogen) atoms. The molecular formula is C16H23N3O. The van der Waals surface area contributed by atoms with Crippen LogP contribution >= 0.6 is 0 Å². The van der Waals surface area contributed by atoms with E-state index in [-0.39, 0.29) is 12.0 Å². The highest BCUT2D eigenvalue weighted by molar-refractivity contribution is 5.25. The van der Waals surface area contributed by atoms with Crippen molar-refractivity contribution in [2.75, 3.05) is 13.2 Å². The van der Waals surface area contributed by atoms with Gasteiger partial charge in [0.15, 0.2) is 0 Å². The molecule has 2 atom stereocenters. The Morgan fingerprint density at radius 2 is 2.05 bits per heavy atom. The predicted octanol–water partition coefficient (Wildman–Crippen LogP) is 1.81. The maximum absolute atomic E-state index is 9.75. The summed E-state index contributed by atoms with van der Waals surface area (Å²) >= 11 is 0. The molecule has 0 saturated carbocycles. The van der Waals surface area contributed by atoms with Crippen LogP contribution in [0.5, 0.6) is 0 Å². The number of rotatable bonds is 7. The first-order valence-electron chi connectivity index (χ1n) is 7.01. The monoisotopic (exact) mass is 273 g/mol. The Hall–Kier alpha value is -1.65. The van der Waals surface area contributed by atoms with Crippen LogP contribution in [0.4, 0.5) is 0 Å². The van der Waals surface area contributed by atoms with Crippen molar-refractivity contribution in [3.63, 3.8) is 0 Å². The second-order valence-corrected chi connectivity index (χ2v) is 5.59. The van der Waals surface area contributed by atoms with Crippen molar-refractivity contribution in [2.24, 2.45) is 0 Å². The Labute approximate surface area is 120 Å². The lowest BCUT2D eigenvalue weighted by atomic mass is 9.83. The highest BCUT2D eigenvalue weighted by Gasteiger charge is 2.25. The van der Waals surface area contributed by atoms with Crippen LogP contribution in [-0.4, -0.2) is 34.1 Å². The minimum atomic E-state index is -0.264. The van der Waals surface area contributed by atoms with Gasteiger partial charge in [-0.3, -0.25) is 4.68 Å². The number of aromatic nitrogens is 2. The molecule has 2 N–H and O–H groups in total. The second-order valence-electron chi connectivity index (χ2n) is 5.59. The zero-order valence-electron chi connectivity index (χ0n) is 12.2. The molecule has 2 rings (SSSR count). The number of hydrogen-bond donors (Lipinski definition) is 2. The molecule has 1 heterocycles. The van der Waals surface area contributed by atoms with Gasteiger partial charge in [0.25, 0.3) is 0 Å². The first-order valence-corrected chi connectivity index (χ1v) is 7.01. The second kappa shape index (κ2) is 6.68. The largest absolute Gasteiger partial charge is 0.395 e. The maximum Gasteiger partial charge on any atom is 0.0559 e. The van der Waals surface area contributed by atoms with E-state index in [4.69, 9.17) is 0 Å². The van der Waals surface area contributed by atoms with Crippen molar-refractivity contribution in [1.82, 2.24) is 15.1 Å². The molecule has 0 bridgehead atoms. The van der Waals surface area contributed by atoms with Crippen LogP contribution in [0.2, 0.25) is 0 Å². The summed E-state index contributed by atoms with van der Waals surface area (Å²) in [5, 5.41) is 17.4. The summed E-state index contributed by atoms with van der Waals surface area (Å²) in [5.41, 5.74) is 0.890. The van der Waals surface area contributed by atoms with Gasteiger partial charge in [-0.2, -0.15) is 5.10 Å². The van der Waals surface area contributed by atoms with E-state index in [2.05, 4.69) is 36.4 Å². The average molecular weight is 273 g/mol. The van der Waals surface area contributed by atoms with E-state index < -0.39 is 0 Å². The Morgan fingerprint density at radius 1 is 1.30 bits per heavy atom. The molecular weight excluding hydrogens is 250 g/mol. The third-order valence-corrected chi connectivity index (χ3v) is 3.68. The minimum Gasteiger partial charge on any atom is -0.395 e. The van der Waals surface area contributed by atoms with E-state index in [9.17, 15) is 5.11 Å². The van der Waals surface area contributed by atoms with Gasteiger partial charge in [0, 0.05) is 30.4 Å². The Bertz CT molecular complexity index is 498. The van der Waals surface area contributed by atoms with Crippen molar-refractivity contribution in [3.8, 4) is 0 Å². The van der Waals surface area contributed by atoms with E-state index in [1.54, 1.807) is 6.20 Å².